The highest BCUT2D eigenvalue weighted by Crippen LogP contribution is 2.42. The van der Waals surface area contributed by atoms with Gasteiger partial charge in [0.15, 0.2) is 5.69 Å². The lowest BCUT2D eigenvalue weighted by molar-refractivity contribution is 0.1000. The number of halogens is 1. The van der Waals surface area contributed by atoms with Gasteiger partial charge in [-0.15, -0.1) is 11.3 Å². The molecule has 0 saturated heterocycles. The van der Waals surface area contributed by atoms with Crippen molar-refractivity contribution in [2.45, 2.75) is 60.4 Å². The smallest absolute Gasteiger partial charge is 0.271 e. The monoisotopic (exact) mass is 491 g/mol. The van der Waals surface area contributed by atoms with Crippen LogP contribution in [0.3, 0.4) is 0 Å². The van der Waals surface area contributed by atoms with Crippen molar-refractivity contribution in [1.29, 1.82) is 0 Å². The molecule has 0 spiro atoms. The van der Waals surface area contributed by atoms with E-state index in [0.29, 0.717) is 28.1 Å². The highest BCUT2D eigenvalue weighted by atomic mass is 79.9. The Kier molecular flexibility index (Phi) is 5.38. The van der Waals surface area contributed by atoms with Gasteiger partial charge in [-0.25, -0.2) is 9.66 Å². The topological polar surface area (TPSA) is 81.8 Å². The summed E-state index contributed by atoms with van der Waals surface area (Å²) in [4.78, 5) is 32.8. The molecule has 0 aromatic carbocycles. The molecular formula is C21H26BrN5O2S. The Bertz CT molecular complexity index is 1200. The summed E-state index contributed by atoms with van der Waals surface area (Å²) in [5.74, 6) is 0.599. The number of thiophene rings is 1. The number of hydrogen-bond donors (Lipinski definition) is 1. The molecule has 0 aliphatic heterocycles. The SMILES string of the molecule is CCn1cc(Br)c(C(=O)Nn2c(C)nc3sc4c(c3c2=O)CCC(C(C)(C)C)C4)n1. The van der Waals surface area contributed by atoms with Crippen molar-refractivity contribution in [2.24, 2.45) is 11.3 Å². The lowest BCUT2D eigenvalue weighted by Crippen LogP contribution is -2.36. The molecule has 1 amide bonds. The van der Waals surface area contributed by atoms with Crippen LogP contribution in [-0.2, 0) is 19.4 Å². The fourth-order valence-corrected chi connectivity index (χ4v) is 5.90. The third-order valence-corrected chi connectivity index (χ3v) is 7.67. The molecule has 1 unspecified atom stereocenters. The number of hydrogen-bond acceptors (Lipinski definition) is 5. The molecule has 0 bridgehead atoms. The molecule has 1 aliphatic rings. The van der Waals surface area contributed by atoms with E-state index in [1.807, 2.05) is 6.92 Å². The quantitative estimate of drug-likeness (QED) is 0.592. The number of aromatic nitrogens is 4. The Balaban J connectivity index is 1.73. The van der Waals surface area contributed by atoms with Crippen molar-refractivity contribution in [3.8, 4) is 0 Å². The van der Waals surface area contributed by atoms with Crippen LogP contribution < -0.4 is 11.0 Å². The van der Waals surface area contributed by atoms with Crippen molar-refractivity contribution < 1.29 is 4.79 Å². The summed E-state index contributed by atoms with van der Waals surface area (Å²) in [6, 6.07) is 0. The average Bonchev–Trinajstić information content (AvgIpc) is 3.23. The second kappa shape index (κ2) is 7.60. The number of carbonyl (C=O) groups excluding carboxylic acids is 1. The van der Waals surface area contributed by atoms with Crippen LogP contribution in [0.25, 0.3) is 10.2 Å². The molecular weight excluding hydrogens is 466 g/mol. The van der Waals surface area contributed by atoms with Crippen LogP contribution in [0.4, 0.5) is 0 Å². The molecule has 3 aromatic heterocycles. The number of nitrogens with one attached hydrogen (secondary N) is 1. The summed E-state index contributed by atoms with van der Waals surface area (Å²) < 4.78 is 3.50. The van der Waals surface area contributed by atoms with Crippen molar-refractivity contribution in [3.63, 3.8) is 0 Å². The lowest BCUT2D eigenvalue weighted by atomic mass is 9.72. The van der Waals surface area contributed by atoms with Gasteiger partial charge in [-0.1, -0.05) is 20.8 Å². The Morgan fingerprint density at radius 3 is 2.77 bits per heavy atom. The second-order valence-electron chi connectivity index (χ2n) is 8.91. The van der Waals surface area contributed by atoms with Gasteiger partial charge >= 0.3 is 0 Å². The highest BCUT2D eigenvalue weighted by Gasteiger charge is 2.32. The first-order valence-corrected chi connectivity index (χ1v) is 11.8. The van der Waals surface area contributed by atoms with E-state index in [1.54, 1.807) is 29.1 Å². The average molecular weight is 492 g/mol. The number of rotatable bonds is 3. The number of fused-ring (bicyclic) bond motifs is 3. The highest BCUT2D eigenvalue weighted by molar-refractivity contribution is 9.10. The Morgan fingerprint density at radius 1 is 1.40 bits per heavy atom. The Hall–Kier alpha value is -2.00. The minimum absolute atomic E-state index is 0.219. The molecule has 0 radical (unpaired) electrons. The van der Waals surface area contributed by atoms with E-state index >= 15 is 0 Å². The standard InChI is InChI=1S/C21H26BrN5O2S/c1-6-26-10-14(22)17(24-26)18(28)25-27-11(2)23-19-16(20(27)29)13-8-7-12(21(3,4)5)9-15(13)30-19/h10,12H,6-9H2,1-5H3,(H,25,28). The zero-order valence-electron chi connectivity index (χ0n) is 17.9. The first-order valence-electron chi connectivity index (χ1n) is 10.2. The van der Waals surface area contributed by atoms with Gasteiger partial charge in [-0.05, 0) is 65.9 Å². The fourth-order valence-electron chi connectivity index (χ4n) is 4.06. The van der Waals surface area contributed by atoms with Crippen LogP contribution in [-0.4, -0.2) is 25.3 Å². The van der Waals surface area contributed by atoms with Gasteiger partial charge in [-0.2, -0.15) is 5.10 Å². The number of amides is 1. The van der Waals surface area contributed by atoms with E-state index in [0.717, 1.165) is 29.7 Å². The van der Waals surface area contributed by atoms with E-state index in [1.165, 1.54) is 9.55 Å². The van der Waals surface area contributed by atoms with Gasteiger partial charge < -0.3 is 0 Å². The fraction of sp³-hybridized carbons (Fsp3) is 0.524. The summed E-state index contributed by atoms with van der Waals surface area (Å²) >= 11 is 4.99. The minimum atomic E-state index is -0.447. The maximum Gasteiger partial charge on any atom is 0.291 e. The van der Waals surface area contributed by atoms with Crippen molar-refractivity contribution in [1.82, 2.24) is 19.4 Å². The summed E-state index contributed by atoms with van der Waals surface area (Å²) in [7, 11) is 0. The number of carbonyl (C=O) groups is 1. The maximum atomic E-state index is 13.4. The summed E-state index contributed by atoms with van der Waals surface area (Å²) in [6.07, 6.45) is 4.65. The van der Waals surface area contributed by atoms with E-state index < -0.39 is 5.91 Å². The molecule has 1 N–H and O–H groups in total. The molecule has 4 rings (SSSR count). The van der Waals surface area contributed by atoms with Gasteiger partial charge in [0.25, 0.3) is 11.5 Å². The van der Waals surface area contributed by atoms with E-state index in [2.05, 4.69) is 52.2 Å². The summed E-state index contributed by atoms with van der Waals surface area (Å²) in [5, 5.41) is 4.91. The van der Waals surface area contributed by atoms with Crippen LogP contribution >= 0.6 is 27.3 Å². The maximum absolute atomic E-state index is 13.4. The molecule has 160 valence electrons. The zero-order chi connectivity index (χ0) is 21.8. The van der Waals surface area contributed by atoms with Crippen LogP contribution in [0.1, 0.15) is 60.9 Å². The minimum Gasteiger partial charge on any atom is -0.271 e. The van der Waals surface area contributed by atoms with Crippen LogP contribution in [0, 0.1) is 18.3 Å². The molecule has 1 aliphatic carbocycles. The lowest BCUT2D eigenvalue weighted by Gasteiger charge is -2.33. The van der Waals surface area contributed by atoms with Gasteiger partial charge in [0.1, 0.15) is 10.7 Å². The zero-order valence-corrected chi connectivity index (χ0v) is 20.3. The Labute approximate surface area is 187 Å². The first kappa shape index (κ1) is 21.2. The predicted molar refractivity (Wildman–Crippen MR) is 123 cm³/mol. The normalized spacial score (nSPS) is 16.7. The molecule has 0 fully saturated rings. The molecule has 9 heteroatoms. The molecule has 3 aromatic rings. The Morgan fingerprint density at radius 2 is 2.13 bits per heavy atom. The van der Waals surface area contributed by atoms with Crippen LogP contribution in [0.5, 0.6) is 0 Å². The van der Waals surface area contributed by atoms with Crippen LogP contribution in [0.2, 0.25) is 0 Å². The molecule has 7 nitrogen and oxygen atoms in total. The van der Waals surface area contributed by atoms with Gasteiger partial charge in [0, 0.05) is 17.6 Å². The molecule has 3 heterocycles. The molecule has 0 saturated carbocycles. The largest absolute Gasteiger partial charge is 0.291 e. The third kappa shape index (κ3) is 3.62. The number of aryl methyl sites for hydroxylation is 3. The van der Waals surface area contributed by atoms with Crippen molar-refractivity contribution in [3.05, 3.63) is 43.0 Å². The predicted octanol–water partition coefficient (Wildman–Crippen LogP) is 4.28. The summed E-state index contributed by atoms with van der Waals surface area (Å²) in [6.45, 7) is 11.2. The van der Waals surface area contributed by atoms with E-state index in [9.17, 15) is 9.59 Å². The third-order valence-electron chi connectivity index (χ3n) is 5.94. The van der Waals surface area contributed by atoms with E-state index in [-0.39, 0.29) is 16.7 Å². The molecule has 1 atom stereocenters. The van der Waals surface area contributed by atoms with Gasteiger partial charge in [-0.3, -0.25) is 19.7 Å². The second-order valence-corrected chi connectivity index (χ2v) is 10.8. The number of nitrogens with zero attached hydrogens (tertiary/aromatic N) is 4. The first-order chi connectivity index (χ1) is 14.1. The van der Waals surface area contributed by atoms with E-state index in [4.69, 9.17) is 0 Å². The van der Waals surface area contributed by atoms with Crippen molar-refractivity contribution >= 4 is 43.4 Å². The summed E-state index contributed by atoms with van der Waals surface area (Å²) in [5.41, 5.74) is 4.06. The van der Waals surface area contributed by atoms with Gasteiger partial charge in [0.2, 0.25) is 0 Å². The van der Waals surface area contributed by atoms with Crippen molar-refractivity contribution in [2.75, 3.05) is 5.43 Å². The molecule has 30 heavy (non-hydrogen) atoms. The van der Waals surface area contributed by atoms with Gasteiger partial charge in [0.05, 0.1) is 9.86 Å². The van der Waals surface area contributed by atoms with Crippen LogP contribution in [0.15, 0.2) is 15.5 Å².